The van der Waals surface area contributed by atoms with Crippen LogP contribution in [0.15, 0.2) is 65.3 Å². The highest BCUT2D eigenvalue weighted by molar-refractivity contribution is 9.10. The number of ketones is 1. The highest BCUT2D eigenvalue weighted by atomic mass is 79.9. The maximum absolute atomic E-state index is 11.8. The molecule has 0 atom stereocenters. The lowest BCUT2D eigenvalue weighted by Crippen LogP contribution is -1.95. The first kappa shape index (κ1) is 13.8. The largest absolute Gasteiger partial charge is 0.362 e. The molecule has 4 heteroatoms. The van der Waals surface area contributed by atoms with Crippen LogP contribution in [0.3, 0.4) is 0 Å². The van der Waals surface area contributed by atoms with E-state index >= 15 is 0 Å². The zero-order chi connectivity index (χ0) is 13.7. The number of allylic oxidation sites excluding steroid dienone is 1. The molecule has 0 spiro atoms. The monoisotopic (exact) mass is 335 g/mol. The molecule has 0 unspecified atom stereocenters. The Balaban J connectivity index is 2.00. The summed E-state index contributed by atoms with van der Waals surface area (Å²) in [6.07, 6.45) is 3.10. The summed E-state index contributed by atoms with van der Waals surface area (Å²) in [7, 11) is 0. The minimum Gasteiger partial charge on any atom is -0.362 e. The van der Waals surface area contributed by atoms with Crippen molar-refractivity contribution < 1.29 is 4.79 Å². The third kappa shape index (κ3) is 3.94. The molecular weight excluding hydrogens is 326 g/mol. The molecule has 2 aromatic rings. The Hall–Kier alpha value is -1.58. The Morgan fingerprint density at radius 2 is 1.89 bits per heavy atom. The second-order valence-electron chi connectivity index (χ2n) is 3.84. The molecule has 0 aliphatic rings. The molecule has 1 N–H and O–H groups in total. The van der Waals surface area contributed by atoms with Gasteiger partial charge >= 0.3 is 0 Å². The molecule has 0 amide bonds. The minimum absolute atomic E-state index is 0.0451. The van der Waals surface area contributed by atoms with Crippen molar-refractivity contribution in [2.45, 2.75) is 0 Å². The normalized spacial score (nSPS) is 10.6. The number of hydrogen-bond donors (Lipinski definition) is 1. The third-order valence-electron chi connectivity index (χ3n) is 2.46. The van der Waals surface area contributed by atoms with Crippen molar-refractivity contribution in [1.82, 2.24) is 0 Å². The predicted octanol–water partition coefficient (Wildman–Crippen LogP) is 4.91. The van der Waals surface area contributed by atoms with Crippen LogP contribution in [-0.2, 0) is 0 Å². The summed E-state index contributed by atoms with van der Waals surface area (Å²) < 4.78 is 0.837. The molecule has 0 saturated heterocycles. The summed E-state index contributed by atoms with van der Waals surface area (Å²) in [5, 5.41) is 3.63. The van der Waals surface area contributed by atoms with Gasteiger partial charge in [0.2, 0.25) is 0 Å². The van der Waals surface area contributed by atoms with E-state index in [0.717, 1.165) is 10.2 Å². The number of nitrogens with one attached hydrogen (secondary N) is 1. The molecule has 0 saturated carbocycles. The van der Waals surface area contributed by atoms with Gasteiger partial charge in [0.15, 0.2) is 5.78 Å². The van der Waals surface area contributed by atoms with Gasteiger partial charge in [0.05, 0.1) is 5.02 Å². The van der Waals surface area contributed by atoms with E-state index in [-0.39, 0.29) is 5.78 Å². The Labute approximate surface area is 125 Å². The topological polar surface area (TPSA) is 29.1 Å². The molecule has 2 nitrogen and oxygen atoms in total. The zero-order valence-electron chi connectivity index (χ0n) is 9.94. The lowest BCUT2D eigenvalue weighted by atomic mass is 10.1. The van der Waals surface area contributed by atoms with E-state index in [9.17, 15) is 4.79 Å². The molecule has 0 bridgehead atoms. The fraction of sp³-hybridized carbons (Fsp3) is 0. The quantitative estimate of drug-likeness (QED) is 0.635. The fourth-order valence-corrected chi connectivity index (χ4v) is 1.93. The molecule has 2 rings (SSSR count). The van der Waals surface area contributed by atoms with Crippen molar-refractivity contribution in [3.63, 3.8) is 0 Å². The number of halogens is 2. The van der Waals surface area contributed by atoms with Gasteiger partial charge in [-0.25, -0.2) is 0 Å². The van der Waals surface area contributed by atoms with Crippen molar-refractivity contribution in [1.29, 1.82) is 0 Å². The molecule has 0 fully saturated rings. The lowest BCUT2D eigenvalue weighted by Gasteiger charge is -2.02. The van der Waals surface area contributed by atoms with Gasteiger partial charge in [-0.15, -0.1) is 0 Å². The van der Waals surface area contributed by atoms with Crippen LogP contribution in [0.5, 0.6) is 0 Å². The Morgan fingerprint density at radius 3 is 2.58 bits per heavy atom. The number of carbonyl (C=O) groups excluding carboxylic acids is 1. The summed E-state index contributed by atoms with van der Waals surface area (Å²) in [6, 6.07) is 14.6. The van der Waals surface area contributed by atoms with E-state index in [0.29, 0.717) is 10.6 Å². The first-order valence-corrected chi connectivity index (χ1v) is 6.81. The maximum Gasteiger partial charge on any atom is 0.187 e. The molecule has 0 aliphatic heterocycles. The van der Waals surface area contributed by atoms with Crippen LogP contribution < -0.4 is 5.32 Å². The van der Waals surface area contributed by atoms with Crippen molar-refractivity contribution >= 4 is 39.0 Å². The van der Waals surface area contributed by atoms with Crippen LogP contribution in [0.4, 0.5) is 5.69 Å². The predicted molar refractivity (Wildman–Crippen MR) is 82.7 cm³/mol. The second-order valence-corrected chi connectivity index (χ2v) is 5.10. The summed E-state index contributed by atoms with van der Waals surface area (Å²) in [5.41, 5.74) is 1.49. The van der Waals surface area contributed by atoms with E-state index in [1.165, 1.54) is 6.08 Å². The second kappa shape index (κ2) is 6.55. The lowest BCUT2D eigenvalue weighted by molar-refractivity contribution is 0.104. The fourth-order valence-electron chi connectivity index (χ4n) is 1.50. The van der Waals surface area contributed by atoms with Gasteiger partial charge in [-0.2, -0.15) is 0 Å². The number of carbonyl (C=O) groups is 1. The maximum atomic E-state index is 11.8. The average molecular weight is 337 g/mol. The van der Waals surface area contributed by atoms with E-state index in [1.807, 2.05) is 30.3 Å². The molecule has 19 heavy (non-hydrogen) atoms. The van der Waals surface area contributed by atoms with Gasteiger partial charge in [0.1, 0.15) is 0 Å². The van der Waals surface area contributed by atoms with Gasteiger partial charge < -0.3 is 5.32 Å². The molecule has 0 aliphatic carbocycles. The first-order chi connectivity index (χ1) is 9.16. The minimum atomic E-state index is -0.0451. The first-order valence-electron chi connectivity index (χ1n) is 5.64. The van der Waals surface area contributed by atoms with Gasteiger partial charge in [-0.1, -0.05) is 41.9 Å². The Morgan fingerprint density at radius 1 is 1.16 bits per heavy atom. The van der Waals surface area contributed by atoms with Crippen molar-refractivity contribution in [2.24, 2.45) is 0 Å². The summed E-state index contributed by atoms with van der Waals surface area (Å²) in [4.78, 5) is 11.8. The highest BCUT2D eigenvalue weighted by Gasteiger charge is 2.00. The van der Waals surface area contributed by atoms with E-state index in [2.05, 4.69) is 21.2 Å². The SMILES string of the molecule is O=C(/C=C/Nc1ccc(Br)c(Cl)c1)c1ccccc1. The van der Waals surface area contributed by atoms with Crippen molar-refractivity contribution in [3.05, 3.63) is 75.9 Å². The Bertz CT molecular complexity index is 611. The number of hydrogen-bond acceptors (Lipinski definition) is 2. The molecule has 0 aromatic heterocycles. The third-order valence-corrected chi connectivity index (χ3v) is 3.70. The van der Waals surface area contributed by atoms with Crippen molar-refractivity contribution in [2.75, 3.05) is 5.32 Å². The zero-order valence-corrected chi connectivity index (χ0v) is 12.3. The van der Waals surface area contributed by atoms with Crippen molar-refractivity contribution in [3.8, 4) is 0 Å². The van der Waals surface area contributed by atoms with Crippen LogP contribution in [0.1, 0.15) is 10.4 Å². The Kier molecular flexibility index (Phi) is 4.77. The van der Waals surface area contributed by atoms with Crippen LogP contribution in [0.25, 0.3) is 0 Å². The summed E-state index contributed by atoms with van der Waals surface area (Å²) >= 11 is 9.29. The van der Waals surface area contributed by atoms with Gasteiger partial charge in [0, 0.05) is 28.0 Å². The molecular formula is C15H11BrClNO. The number of anilines is 1. The van der Waals surface area contributed by atoms with Crippen LogP contribution >= 0.6 is 27.5 Å². The summed E-state index contributed by atoms with van der Waals surface area (Å²) in [6.45, 7) is 0. The average Bonchev–Trinajstić information content (AvgIpc) is 2.43. The molecule has 96 valence electrons. The standard InChI is InChI=1S/C15H11BrClNO/c16-13-7-6-12(10-14(13)17)18-9-8-15(19)11-4-2-1-3-5-11/h1-10,18H/b9-8+. The van der Waals surface area contributed by atoms with Crippen LogP contribution in [0.2, 0.25) is 5.02 Å². The van der Waals surface area contributed by atoms with Gasteiger partial charge in [-0.05, 0) is 34.1 Å². The number of benzene rings is 2. The molecule has 2 aromatic carbocycles. The van der Waals surface area contributed by atoms with Crippen LogP contribution in [0, 0.1) is 0 Å². The molecule has 0 radical (unpaired) electrons. The summed E-state index contributed by atoms with van der Waals surface area (Å²) in [5.74, 6) is -0.0451. The smallest absolute Gasteiger partial charge is 0.187 e. The van der Waals surface area contributed by atoms with E-state index in [4.69, 9.17) is 11.6 Å². The number of rotatable bonds is 4. The van der Waals surface area contributed by atoms with E-state index < -0.39 is 0 Å². The van der Waals surface area contributed by atoms with Gasteiger partial charge in [0.25, 0.3) is 0 Å². The highest BCUT2D eigenvalue weighted by Crippen LogP contribution is 2.25. The van der Waals surface area contributed by atoms with Crippen LogP contribution in [-0.4, -0.2) is 5.78 Å². The van der Waals surface area contributed by atoms with E-state index in [1.54, 1.807) is 24.4 Å². The van der Waals surface area contributed by atoms with Gasteiger partial charge in [-0.3, -0.25) is 4.79 Å². The molecule has 0 heterocycles.